The Morgan fingerprint density at radius 2 is 1.88 bits per heavy atom. The van der Waals surface area contributed by atoms with Gasteiger partial charge in [-0.05, 0) is 42.7 Å². The molecule has 2 aromatic carbocycles. The Kier molecular flexibility index (Phi) is 4.78. The third kappa shape index (κ3) is 3.38. The predicted molar refractivity (Wildman–Crippen MR) is 97.8 cm³/mol. The highest BCUT2D eigenvalue weighted by Crippen LogP contribution is 2.31. The lowest BCUT2D eigenvalue weighted by Crippen LogP contribution is -2.43. The van der Waals surface area contributed by atoms with Gasteiger partial charge in [-0.25, -0.2) is 8.42 Å². The number of hydrogen-bond acceptors (Lipinski definition) is 4. The molecule has 0 unspecified atom stereocenters. The molecule has 132 valence electrons. The third-order valence-corrected chi connectivity index (χ3v) is 6.21. The van der Waals surface area contributed by atoms with Crippen LogP contribution in [-0.4, -0.2) is 38.8 Å². The topological polar surface area (TPSA) is 83.7 Å². The molecule has 0 bridgehead atoms. The van der Waals surface area contributed by atoms with Gasteiger partial charge in [0.15, 0.2) is 0 Å². The van der Waals surface area contributed by atoms with E-state index in [0.717, 1.165) is 28.4 Å². The van der Waals surface area contributed by atoms with Crippen molar-refractivity contribution in [1.29, 1.82) is 0 Å². The maximum Gasteiger partial charge on any atom is 0.243 e. The molecule has 0 radical (unpaired) electrons. The SMILES string of the molecule is CN(CC(=O)N1CCCc2c(N)cccc21)S(=O)(=O)c1ccccc1. The van der Waals surface area contributed by atoms with Gasteiger partial charge in [-0.15, -0.1) is 0 Å². The van der Waals surface area contributed by atoms with Crippen molar-refractivity contribution in [3.63, 3.8) is 0 Å². The summed E-state index contributed by atoms with van der Waals surface area (Å²) in [7, 11) is -2.28. The lowest BCUT2D eigenvalue weighted by Gasteiger charge is -2.31. The van der Waals surface area contributed by atoms with Gasteiger partial charge in [-0.3, -0.25) is 4.79 Å². The summed E-state index contributed by atoms with van der Waals surface area (Å²) in [6.07, 6.45) is 1.63. The zero-order valence-electron chi connectivity index (χ0n) is 14.1. The summed E-state index contributed by atoms with van der Waals surface area (Å²) in [5, 5.41) is 0. The standard InChI is InChI=1S/C18H21N3O3S/c1-20(25(23,24)14-7-3-2-4-8-14)13-18(22)21-12-6-9-15-16(19)10-5-11-17(15)21/h2-5,7-8,10-11H,6,9,12-13,19H2,1H3. The number of carbonyl (C=O) groups excluding carboxylic acids is 1. The molecule has 0 aromatic heterocycles. The molecule has 0 saturated heterocycles. The fraction of sp³-hybridized carbons (Fsp3) is 0.278. The predicted octanol–water partition coefficient (Wildman–Crippen LogP) is 1.87. The highest BCUT2D eigenvalue weighted by molar-refractivity contribution is 7.89. The van der Waals surface area contributed by atoms with Crippen molar-refractivity contribution in [3.05, 3.63) is 54.1 Å². The quantitative estimate of drug-likeness (QED) is 0.845. The molecule has 6 nitrogen and oxygen atoms in total. The van der Waals surface area contributed by atoms with Crippen LogP contribution in [-0.2, 0) is 21.2 Å². The van der Waals surface area contributed by atoms with Crippen LogP contribution in [0.15, 0.2) is 53.4 Å². The number of amides is 1. The fourth-order valence-corrected chi connectivity index (χ4v) is 4.19. The van der Waals surface area contributed by atoms with Gasteiger partial charge in [-0.1, -0.05) is 24.3 Å². The minimum Gasteiger partial charge on any atom is -0.398 e. The summed E-state index contributed by atoms with van der Waals surface area (Å²) in [5.41, 5.74) is 8.41. The lowest BCUT2D eigenvalue weighted by molar-refractivity contribution is -0.118. The van der Waals surface area contributed by atoms with Crippen LogP contribution >= 0.6 is 0 Å². The van der Waals surface area contributed by atoms with Crippen LogP contribution in [0.1, 0.15) is 12.0 Å². The molecule has 0 atom stereocenters. The fourth-order valence-electron chi connectivity index (χ4n) is 3.04. The van der Waals surface area contributed by atoms with Crippen molar-refractivity contribution < 1.29 is 13.2 Å². The van der Waals surface area contributed by atoms with Gasteiger partial charge >= 0.3 is 0 Å². The first kappa shape index (κ1) is 17.4. The Labute approximate surface area is 147 Å². The van der Waals surface area contributed by atoms with Crippen LogP contribution in [0.25, 0.3) is 0 Å². The number of hydrogen-bond donors (Lipinski definition) is 1. The smallest absolute Gasteiger partial charge is 0.243 e. The van der Waals surface area contributed by atoms with Crippen LogP contribution in [0, 0.1) is 0 Å². The first-order chi connectivity index (χ1) is 11.9. The number of benzene rings is 2. The van der Waals surface area contributed by atoms with E-state index in [4.69, 9.17) is 5.73 Å². The maximum atomic E-state index is 12.7. The van der Waals surface area contributed by atoms with Crippen molar-refractivity contribution in [2.24, 2.45) is 0 Å². The number of nitrogens with two attached hydrogens (primary N) is 1. The Bertz CT molecular complexity index is 882. The molecule has 0 aliphatic carbocycles. The van der Waals surface area contributed by atoms with E-state index in [2.05, 4.69) is 0 Å². The summed E-state index contributed by atoms with van der Waals surface area (Å²) in [6, 6.07) is 13.6. The summed E-state index contributed by atoms with van der Waals surface area (Å²) < 4.78 is 26.3. The molecule has 2 N–H and O–H groups in total. The van der Waals surface area contributed by atoms with E-state index in [0.29, 0.717) is 12.2 Å². The zero-order valence-corrected chi connectivity index (χ0v) is 14.9. The van der Waals surface area contributed by atoms with Gasteiger partial charge in [-0.2, -0.15) is 4.31 Å². The lowest BCUT2D eigenvalue weighted by atomic mass is 10.00. The number of fused-ring (bicyclic) bond motifs is 1. The molecule has 3 rings (SSSR count). The van der Waals surface area contributed by atoms with Crippen LogP contribution in [0.3, 0.4) is 0 Å². The molecule has 2 aromatic rings. The van der Waals surface area contributed by atoms with Gasteiger partial charge in [0.25, 0.3) is 0 Å². The summed E-state index contributed by atoms with van der Waals surface area (Å²) >= 11 is 0. The highest BCUT2D eigenvalue weighted by Gasteiger charge is 2.28. The number of carbonyl (C=O) groups is 1. The van der Waals surface area contributed by atoms with E-state index < -0.39 is 10.0 Å². The Morgan fingerprint density at radius 1 is 1.16 bits per heavy atom. The number of nitrogen functional groups attached to an aromatic ring is 1. The van der Waals surface area contributed by atoms with Crippen molar-refractivity contribution in [2.45, 2.75) is 17.7 Å². The van der Waals surface area contributed by atoms with E-state index >= 15 is 0 Å². The van der Waals surface area contributed by atoms with Gasteiger partial charge in [0.05, 0.1) is 11.4 Å². The number of sulfonamides is 1. The summed E-state index contributed by atoms with van der Waals surface area (Å²) in [6.45, 7) is 0.347. The monoisotopic (exact) mass is 359 g/mol. The van der Waals surface area contributed by atoms with Gasteiger partial charge in [0.2, 0.25) is 15.9 Å². The third-order valence-electron chi connectivity index (χ3n) is 4.40. The van der Waals surface area contributed by atoms with E-state index in [1.165, 1.54) is 19.2 Å². The number of rotatable bonds is 4. The van der Waals surface area contributed by atoms with E-state index in [1.807, 2.05) is 18.2 Å². The molecule has 0 fully saturated rings. The van der Waals surface area contributed by atoms with Crippen LogP contribution in [0.2, 0.25) is 0 Å². The summed E-state index contributed by atoms with van der Waals surface area (Å²) in [5.74, 6) is -0.256. The molecule has 1 aliphatic rings. The normalized spacial score (nSPS) is 14.4. The largest absolute Gasteiger partial charge is 0.398 e. The number of likely N-dealkylation sites (N-methyl/N-ethyl adjacent to an activating group) is 1. The van der Waals surface area contributed by atoms with E-state index in [1.54, 1.807) is 23.1 Å². The number of nitrogens with zero attached hydrogens (tertiary/aromatic N) is 2. The second-order valence-electron chi connectivity index (χ2n) is 6.07. The molecular weight excluding hydrogens is 338 g/mol. The van der Waals surface area contributed by atoms with Crippen LogP contribution in [0.5, 0.6) is 0 Å². The van der Waals surface area contributed by atoms with Crippen molar-refractivity contribution in [2.75, 3.05) is 30.8 Å². The van der Waals surface area contributed by atoms with Crippen molar-refractivity contribution in [3.8, 4) is 0 Å². The Hall–Kier alpha value is -2.38. The van der Waals surface area contributed by atoms with Gasteiger partial charge in [0.1, 0.15) is 0 Å². The maximum absolute atomic E-state index is 12.7. The minimum atomic E-state index is -3.70. The number of anilines is 2. The van der Waals surface area contributed by atoms with E-state index in [-0.39, 0.29) is 17.3 Å². The molecule has 7 heteroatoms. The average molecular weight is 359 g/mol. The highest BCUT2D eigenvalue weighted by atomic mass is 32.2. The molecule has 1 aliphatic heterocycles. The Balaban J connectivity index is 1.81. The molecule has 0 saturated carbocycles. The summed E-state index contributed by atoms with van der Waals surface area (Å²) in [4.78, 5) is 14.5. The Morgan fingerprint density at radius 3 is 2.60 bits per heavy atom. The molecular formula is C18H21N3O3S. The van der Waals surface area contributed by atoms with Gasteiger partial charge in [0, 0.05) is 25.0 Å². The van der Waals surface area contributed by atoms with Crippen LogP contribution < -0.4 is 10.6 Å². The average Bonchev–Trinajstić information content (AvgIpc) is 2.62. The molecule has 25 heavy (non-hydrogen) atoms. The van der Waals surface area contributed by atoms with Crippen molar-refractivity contribution >= 4 is 27.3 Å². The molecule has 1 amide bonds. The van der Waals surface area contributed by atoms with Crippen molar-refractivity contribution in [1.82, 2.24) is 4.31 Å². The van der Waals surface area contributed by atoms with Crippen LogP contribution in [0.4, 0.5) is 11.4 Å². The second-order valence-corrected chi connectivity index (χ2v) is 8.11. The minimum absolute atomic E-state index is 0.175. The molecule has 0 spiro atoms. The first-order valence-electron chi connectivity index (χ1n) is 8.10. The van der Waals surface area contributed by atoms with Gasteiger partial charge < -0.3 is 10.6 Å². The van der Waals surface area contributed by atoms with E-state index in [9.17, 15) is 13.2 Å². The second kappa shape index (κ2) is 6.85. The zero-order chi connectivity index (χ0) is 18.0. The molecule has 1 heterocycles. The first-order valence-corrected chi connectivity index (χ1v) is 9.54.